The fourth-order valence-corrected chi connectivity index (χ4v) is 1.88. The van der Waals surface area contributed by atoms with Gasteiger partial charge in [0.1, 0.15) is 5.60 Å². The number of carbonyl (C=O) groups excluding carboxylic acids is 2. The van der Waals surface area contributed by atoms with Crippen LogP contribution in [0.5, 0.6) is 0 Å². The van der Waals surface area contributed by atoms with Gasteiger partial charge in [-0.3, -0.25) is 4.98 Å². The van der Waals surface area contributed by atoms with Crippen molar-refractivity contribution in [3.05, 3.63) is 29.0 Å². The van der Waals surface area contributed by atoms with Crippen molar-refractivity contribution < 1.29 is 19.1 Å². The number of hydrogen-bond donors (Lipinski definition) is 1. The van der Waals surface area contributed by atoms with Gasteiger partial charge in [0.25, 0.3) is 0 Å². The molecule has 1 aromatic heterocycles. The van der Waals surface area contributed by atoms with Crippen molar-refractivity contribution in [1.82, 2.24) is 10.3 Å². The van der Waals surface area contributed by atoms with Crippen molar-refractivity contribution in [3.63, 3.8) is 0 Å². The van der Waals surface area contributed by atoms with Crippen LogP contribution in [0.2, 0.25) is 5.02 Å². The smallest absolute Gasteiger partial charge is 0.408 e. The maximum Gasteiger partial charge on any atom is 0.408 e. The van der Waals surface area contributed by atoms with Gasteiger partial charge in [-0.25, -0.2) is 9.59 Å². The third kappa shape index (κ3) is 4.87. The lowest BCUT2D eigenvalue weighted by atomic mass is 9.93. The molecule has 0 bridgehead atoms. The lowest BCUT2D eigenvalue weighted by Crippen LogP contribution is -2.51. The Morgan fingerprint density at radius 1 is 1.27 bits per heavy atom. The molecule has 1 aromatic rings. The minimum Gasteiger partial charge on any atom is -0.464 e. The topological polar surface area (TPSA) is 77.5 Å². The number of carbonyl (C=O) groups is 2. The molecule has 0 aliphatic rings. The largest absolute Gasteiger partial charge is 0.464 e. The molecule has 0 saturated carbocycles. The molecule has 0 radical (unpaired) electrons. The van der Waals surface area contributed by atoms with Crippen LogP contribution in [0.3, 0.4) is 0 Å². The highest BCUT2D eigenvalue weighted by molar-refractivity contribution is 6.30. The van der Waals surface area contributed by atoms with Gasteiger partial charge in [0.15, 0.2) is 5.54 Å². The van der Waals surface area contributed by atoms with Crippen LogP contribution in [0.25, 0.3) is 0 Å². The summed E-state index contributed by atoms with van der Waals surface area (Å²) in [6.45, 7) is 8.57. The average Bonchev–Trinajstić information content (AvgIpc) is 2.36. The third-order valence-corrected chi connectivity index (χ3v) is 2.92. The lowest BCUT2D eigenvalue weighted by Gasteiger charge is -2.30. The Morgan fingerprint density at radius 2 is 1.91 bits per heavy atom. The Hall–Kier alpha value is -1.82. The predicted octanol–water partition coefficient (Wildman–Crippen LogP) is 3.04. The van der Waals surface area contributed by atoms with Crippen LogP contribution in [0.1, 0.15) is 40.2 Å². The number of hydrogen-bond acceptors (Lipinski definition) is 5. The van der Waals surface area contributed by atoms with Crippen molar-refractivity contribution in [1.29, 1.82) is 0 Å². The van der Waals surface area contributed by atoms with Gasteiger partial charge in [-0.1, -0.05) is 11.6 Å². The van der Waals surface area contributed by atoms with E-state index >= 15 is 0 Å². The van der Waals surface area contributed by atoms with E-state index in [0.29, 0.717) is 10.6 Å². The number of halogens is 1. The molecule has 1 heterocycles. The summed E-state index contributed by atoms with van der Waals surface area (Å²) in [5.74, 6) is -0.620. The number of aromatic nitrogens is 1. The Kier molecular flexibility index (Phi) is 5.77. The third-order valence-electron chi connectivity index (χ3n) is 2.72. The van der Waals surface area contributed by atoms with Gasteiger partial charge < -0.3 is 14.8 Å². The maximum absolute atomic E-state index is 12.3. The Morgan fingerprint density at radius 3 is 2.41 bits per heavy atom. The fraction of sp³-hybridized carbons (Fsp3) is 0.533. The number of ether oxygens (including phenoxy) is 2. The molecule has 6 nitrogen and oxygen atoms in total. The molecule has 0 aliphatic heterocycles. The summed E-state index contributed by atoms with van der Waals surface area (Å²) in [7, 11) is 0. The van der Waals surface area contributed by atoms with Gasteiger partial charge in [-0.15, -0.1) is 0 Å². The number of rotatable bonds is 4. The molecule has 1 atom stereocenters. The molecule has 122 valence electrons. The van der Waals surface area contributed by atoms with Crippen molar-refractivity contribution in [2.24, 2.45) is 0 Å². The average molecular weight is 329 g/mol. The molecule has 1 amide bonds. The molecule has 7 heteroatoms. The zero-order chi connectivity index (χ0) is 17.0. The normalized spacial score (nSPS) is 13.9. The zero-order valence-electron chi connectivity index (χ0n) is 13.4. The van der Waals surface area contributed by atoms with Crippen molar-refractivity contribution >= 4 is 23.7 Å². The summed E-state index contributed by atoms with van der Waals surface area (Å²) in [5.41, 5.74) is -1.73. The van der Waals surface area contributed by atoms with E-state index < -0.39 is 23.2 Å². The first kappa shape index (κ1) is 18.2. The van der Waals surface area contributed by atoms with Crippen molar-refractivity contribution in [2.45, 2.75) is 45.8 Å². The Balaban J connectivity index is 3.12. The quantitative estimate of drug-likeness (QED) is 0.859. The van der Waals surface area contributed by atoms with E-state index in [9.17, 15) is 9.59 Å². The first-order valence-electron chi connectivity index (χ1n) is 6.88. The van der Waals surface area contributed by atoms with Crippen LogP contribution >= 0.6 is 11.6 Å². The first-order valence-corrected chi connectivity index (χ1v) is 7.25. The number of nitrogens with zero attached hydrogens (tertiary/aromatic N) is 1. The van der Waals surface area contributed by atoms with E-state index in [0.717, 1.165) is 0 Å². The lowest BCUT2D eigenvalue weighted by molar-refractivity contribution is -0.151. The highest BCUT2D eigenvalue weighted by Crippen LogP contribution is 2.25. The fourth-order valence-electron chi connectivity index (χ4n) is 1.71. The van der Waals surface area contributed by atoms with Gasteiger partial charge in [0, 0.05) is 18.0 Å². The molecular formula is C15H21ClN2O4. The molecular weight excluding hydrogens is 308 g/mol. The highest BCUT2D eigenvalue weighted by atomic mass is 35.5. The zero-order valence-corrected chi connectivity index (χ0v) is 14.2. The highest BCUT2D eigenvalue weighted by Gasteiger charge is 2.40. The number of pyridine rings is 1. The van der Waals surface area contributed by atoms with Crippen molar-refractivity contribution in [3.8, 4) is 0 Å². The van der Waals surface area contributed by atoms with Crippen LogP contribution < -0.4 is 5.32 Å². The Bertz CT molecular complexity index is 557. The number of alkyl carbamates (subject to hydrolysis) is 1. The van der Waals surface area contributed by atoms with E-state index in [4.69, 9.17) is 21.1 Å². The van der Waals surface area contributed by atoms with Gasteiger partial charge in [-0.05, 0) is 40.7 Å². The summed E-state index contributed by atoms with van der Waals surface area (Å²) in [4.78, 5) is 28.3. The second-order valence-corrected chi connectivity index (χ2v) is 6.30. The van der Waals surface area contributed by atoms with E-state index in [1.807, 2.05) is 0 Å². The predicted molar refractivity (Wildman–Crippen MR) is 82.6 cm³/mol. The number of nitrogens with one attached hydrogen (secondary N) is 1. The first-order chi connectivity index (χ1) is 10.1. The summed E-state index contributed by atoms with van der Waals surface area (Å²) in [6, 6.07) is 1.54. The summed E-state index contributed by atoms with van der Waals surface area (Å²) in [6.07, 6.45) is 2.15. The molecule has 0 saturated heterocycles. The molecule has 1 N–H and O–H groups in total. The van der Waals surface area contributed by atoms with Crippen LogP contribution in [0, 0.1) is 0 Å². The van der Waals surface area contributed by atoms with E-state index in [2.05, 4.69) is 10.3 Å². The van der Waals surface area contributed by atoms with Gasteiger partial charge >= 0.3 is 12.1 Å². The van der Waals surface area contributed by atoms with Crippen LogP contribution in [-0.4, -0.2) is 29.3 Å². The maximum atomic E-state index is 12.3. The SMILES string of the molecule is CCOC(=O)C(C)(NC(=O)OC(C)(C)C)c1cncc(Cl)c1. The molecule has 22 heavy (non-hydrogen) atoms. The molecule has 0 aromatic carbocycles. The Labute approximate surface area is 135 Å². The van der Waals surface area contributed by atoms with Gasteiger partial charge in [-0.2, -0.15) is 0 Å². The van der Waals surface area contributed by atoms with Gasteiger partial charge in [0.2, 0.25) is 0 Å². The van der Waals surface area contributed by atoms with Gasteiger partial charge in [0.05, 0.1) is 11.6 Å². The number of esters is 1. The minimum atomic E-state index is -1.45. The minimum absolute atomic E-state index is 0.179. The van der Waals surface area contributed by atoms with Crippen molar-refractivity contribution in [2.75, 3.05) is 6.61 Å². The second kappa shape index (κ2) is 6.96. The summed E-state index contributed by atoms with van der Waals surface area (Å²) >= 11 is 5.92. The molecule has 0 spiro atoms. The van der Waals surface area contributed by atoms with Crippen LogP contribution in [0.4, 0.5) is 4.79 Å². The second-order valence-electron chi connectivity index (χ2n) is 5.86. The van der Waals surface area contributed by atoms with E-state index in [1.165, 1.54) is 19.3 Å². The monoisotopic (exact) mass is 328 g/mol. The molecule has 1 unspecified atom stereocenters. The van der Waals surface area contributed by atoms with Crippen LogP contribution in [-0.2, 0) is 19.8 Å². The standard InChI is InChI=1S/C15H21ClN2O4/c1-6-21-12(19)15(5,10-7-11(16)9-17-8-10)18-13(20)22-14(2,3)4/h7-9H,6H2,1-5H3,(H,18,20). The van der Waals surface area contributed by atoms with E-state index in [-0.39, 0.29) is 6.61 Å². The molecule has 1 rings (SSSR count). The molecule has 0 fully saturated rings. The van der Waals surface area contributed by atoms with E-state index in [1.54, 1.807) is 33.8 Å². The summed E-state index contributed by atoms with van der Waals surface area (Å²) < 4.78 is 10.3. The number of amides is 1. The molecule has 0 aliphatic carbocycles. The van der Waals surface area contributed by atoms with Crippen LogP contribution in [0.15, 0.2) is 18.5 Å². The summed E-state index contributed by atoms with van der Waals surface area (Å²) in [5, 5.41) is 2.89.